The second-order valence-corrected chi connectivity index (χ2v) is 7.57. The molecule has 0 aliphatic rings. The lowest BCUT2D eigenvalue weighted by atomic mass is 10.1. The summed E-state index contributed by atoms with van der Waals surface area (Å²) in [6.45, 7) is 0.350. The number of fused-ring (bicyclic) bond motifs is 1. The van der Waals surface area contributed by atoms with Gasteiger partial charge in [0.05, 0.1) is 26.3 Å². The zero-order valence-electron chi connectivity index (χ0n) is 13.6. The SMILES string of the molecule is N#Cc1ccccc1COc1ccc(-c2nc3ccccc3s2)cc1Br. The maximum Gasteiger partial charge on any atom is 0.134 e. The number of hydrogen-bond donors (Lipinski definition) is 0. The van der Waals surface area contributed by atoms with Gasteiger partial charge in [0, 0.05) is 11.1 Å². The van der Waals surface area contributed by atoms with Gasteiger partial charge in [0.25, 0.3) is 0 Å². The third-order valence-corrected chi connectivity index (χ3v) is 5.70. The number of rotatable bonds is 4. The summed E-state index contributed by atoms with van der Waals surface area (Å²) in [7, 11) is 0. The van der Waals surface area contributed by atoms with Crippen LogP contribution in [-0.2, 0) is 6.61 Å². The first-order chi connectivity index (χ1) is 12.7. The molecule has 26 heavy (non-hydrogen) atoms. The summed E-state index contributed by atoms with van der Waals surface area (Å²) in [5.74, 6) is 0.739. The van der Waals surface area contributed by atoms with Crippen molar-refractivity contribution in [1.82, 2.24) is 4.98 Å². The Balaban J connectivity index is 1.57. The Labute approximate surface area is 163 Å². The van der Waals surface area contributed by atoms with E-state index in [1.807, 2.05) is 54.6 Å². The highest BCUT2D eigenvalue weighted by atomic mass is 79.9. The van der Waals surface area contributed by atoms with Crippen LogP contribution in [-0.4, -0.2) is 4.98 Å². The van der Waals surface area contributed by atoms with Crippen LogP contribution in [0.3, 0.4) is 0 Å². The molecule has 5 heteroatoms. The van der Waals surface area contributed by atoms with Crippen molar-refractivity contribution >= 4 is 37.5 Å². The van der Waals surface area contributed by atoms with Crippen LogP contribution < -0.4 is 4.74 Å². The second-order valence-electron chi connectivity index (χ2n) is 5.69. The zero-order valence-corrected chi connectivity index (χ0v) is 16.0. The van der Waals surface area contributed by atoms with Crippen LogP contribution in [0.2, 0.25) is 0 Å². The lowest BCUT2D eigenvalue weighted by Crippen LogP contribution is -1.98. The van der Waals surface area contributed by atoms with E-state index in [2.05, 4.69) is 28.1 Å². The van der Waals surface area contributed by atoms with Gasteiger partial charge in [-0.3, -0.25) is 0 Å². The average molecular weight is 421 g/mol. The maximum atomic E-state index is 9.17. The lowest BCUT2D eigenvalue weighted by Gasteiger charge is -2.10. The third kappa shape index (κ3) is 3.34. The van der Waals surface area contributed by atoms with Gasteiger partial charge in [-0.05, 0) is 52.3 Å². The Kier molecular flexibility index (Phi) is 4.70. The molecule has 0 aliphatic carbocycles. The minimum absolute atomic E-state index is 0.350. The minimum Gasteiger partial charge on any atom is -0.488 e. The Morgan fingerprint density at radius 1 is 1.04 bits per heavy atom. The van der Waals surface area contributed by atoms with Crippen LogP contribution in [0.1, 0.15) is 11.1 Å². The van der Waals surface area contributed by atoms with E-state index in [9.17, 15) is 5.26 Å². The first kappa shape index (κ1) is 16.8. The lowest BCUT2D eigenvalue weighted by molar-refractivity contribution is 0.304. The molecule has 0 bridgehead atoms. The molecule has 0 unspecified atom stereocenters. The maximum absolute atomic E-state index is 9.17. The first-order valence-electron chi connectivity index (χ1n) is 8.01. The number of thiazole rings is 1. The summed E-state index contributed by atoms with van der Waals surface area (Å²) >= 11 is 5.26. The van der Waals surface area contributed by atoms with Crippen molar-refractivity contribution in [2.75, 3.05) is 0 Å². The topological polar surface area (TPSA) is 45.9 Å². The third-order valence-electron chi connectivity index (χ3n) is 3.99. The monoisotopic (exact) mass is 420 g/mol. The largest absolute Gasteiger partial charge is 0.488 e. The summed E-state index contributed by atoms with van der Waals surface area (Å²) in [5.41, 5.74) is 3.56. The van der Waals surface area contributed by atoms with Gasteiger partial charge in [0.2, 0.25) is 0 Å². The average Bonchev–Trinajstić information content (AvgIpc) is 3.11. The molecule has 126 valence electrons. The predicted octanol–water partition coefficient (Wildman–Crippen LogP) is 6.18. The van der Waals surface area contributed by atoms with Gasteiger partial charge in [-0.1, -0.05) is 30.3 Å². The molecular formula is C21H13BrN2OS. The molecule has 0 saturated heterocycles. The number of ether oxygens (including phenoxy) is 1. The molecule has 0 atom stereocenters. The highest BCUT2D eigenvalue weighted by molar-refractivity contribution is 9.10. The van der Waals surface area contributed by atoms with Crippen LogP contribution in [0.5, 0.6) is 5.75 Å². The summed E-state index contributed by atoms with van der Waals surface area (Å²) < 4.78 is 7.94. The molecule has 1 aromatic heterocycles. The summed E-state index contributed by atoms with van der Waals surface area (Å²) in [6, 6.07) is 23.7. The number of halogens is 1. The quantitative estimate of drug-likeness (QED) is 0.396. The molecule has 0 amide bonds. The number of hydrogen-bond acceptors (Lipinski definition) is 4. The molecule has 4 aromatic rings. The molecule has 3 nitrogen and oxygen atoms in total. The molecule has 0 radical (unpaired) electrons. The highest BCUT2D eigenvalue weighted by Crippen LogP contribution is 2.35. The molecule has 4 rings (SSSR count). The highest BCUT2D eigenvalue weighted by Gasteiger charge is 2.10. The van der Waals surface area contributed by atoms with Crippen molar-refractivity contribution in [2.45, 2.75) is 6.61 Å². The molecule has 0 spiro atoms. The van der Waals surface area contributed by atoms with E-state index in [1.54, 1.807) is 17.4 Å². The molecule has 0 aliphatic heterocycles. The number of benzene rings is 3. The molecular weight excluding hydrogens is 408 g/mol. The van der Waals surface area contributed by atoms with E-state index >= 15 is 0 Å². The smallest absolute Gasteiger partial charge is 0.134 e. The normalized spacial score (nSPS) is 10.6. The number of nitrogens with zero attached hydrogens (tertiary/aromatic N) is 2. The van der Waals surface area contributed by atoms with Gasteiger partial charge >= 0.3 is 0 Å². The van der Waals surface area contributed by atoms with E-state index < -0.39 is 0 Å². The van der Waals surface area contributed by atoms with Gasteiger partial charge in [-0.25, -0.2) is 4.98 Å². The van der Waals surface area contributed by atoms with Crippen LogP contribution in [0.25, 0.3) is 20.8 Å². The summed E-state index contributed by atoms with van der Waals surface area (Å²) in [4.78, 5) is 4.69. The fourth-order valence-electron chi connectivity index (χ4n) is 2.66. The number of nitriles is 1. The van der Waals surface area contributed by atoms with Gasteiger partial charge < -0.3 is 4.74 Å². The van der Waals surface area contributed by atoms with E-state index in [1.165, 1.54) is 4.70 Å². The molecule has 3 aromatic carbocycles. The van der Waals surface area contributed by atoms with Crippen molar-refractivity contribution in [2.24, 2.45) is 0 Å². The Hall–Kier alpha value is -2.68. The fraction of sp³-hybridized carbons (Fsp3) is 0.0476. The minimum atomic E-state index is 0.350. The standard InChI is InChI=1S/C21H13BrN2OS/c22-17-11-14(21-24-18-7-3-4-8-20(18)26-21)9-10-19(17)25-13-16-6-2-1-5-15(16)12-23/h1-11H,13H2. The van der Waals surface area contributed by atoms with Gasteiger partial charge in [0.15, 0.2) is 0 Å². The number of aromatic nitrogens is 1. The Morgan fingerprint density at radius 3 is 2.65 bits per heavy atom. The van der Waals surface area contributed by atoms with E-state index in [0.717, 1.165) is 31.9 Å². The van der Waals surface area contributed by atoms with E-state index in [4.69, 9.17) is 9.72 Å². The fourth-order valence-corrected chi connectivity index (χ4v) is 4.11. The first-order valence-corrected chi connectivity index (χ1v) is 9.62. The van der Waals surface area contributed by atoms with Crippen molar-refractivity contribution in [3.63, 3.8) is 0 Å². The van der Waals surface area contributed by atoms with Crippen LogP contribution in [0, 0.1) is 11.3 Å². The van der Waals surface area contributed by atoms with Crippen molar-refractivity contribution < 1.29 is 4.74 Å². The van der Waals surface area contributed by atoms with Crippen molar-refractivity contribution in [1.29, 1.82) is 5.26 Å². The van der Waals surface area contributed by atoms with E-state index in [0.29, 0.717) is 12.2 Å². The van der Waals surface area contributed by atoms with Crippen molar-refractivity contribution in [3.05, 3.63) is 82.3 Å². The summed E-state index contributed by atoms with van der Waals surface area (Å²) in [6.07, 6.45) is 0. The second kappa shape index (κ2) is 7.28. The van der Waals surface area contributed by atoms with Gasteiger partial charge in [-0.2, -0.15) is 5.26 Å². The number of para-hydroxylation sites is 1. The van der Waals surface area contributed by atoms with Crippen molar-refractivity contribution in [3.8, 4) is 22.4 Å². The van der Waals surface area contributed by atoms with E-state index in [-0.39, 0.29) is 0 Å². The van der Waals surface area contributed by atoms with Crippen LogP contribution in [0.4, 0.5) is 0 Å². The zero-order chi connectivity index (χ0) is 17.9. The summed E-state index contributed by atoms with van der Waals surface area (Å²) in [5, 5.41) is 10.2. The molecule has 0 fully saturated rings. The molecule has 1 heterocycles. The molecule has 0 N–H and O–H groups in total. The van der Waals surface area contributed by atoms with Crippen LogP contribution in [0.15, 0.2) is 71.2 Å². The van der Waals surface area contributed by atoms with Gasteiger partial charge in [0.1, 0.15) is 17.4 Å². The Bertz CT molecular complexity index is 1100. The Morgan fingerprint density at radius 2 is 1.85 bits per heavy atom. The molecule has 0 saturated carbocycles. The van der Waals surface area contributed by atoms with Crippen LogP contribution >= 0.6 is 27.3 Å². The predicted molar refractivity (Wildman–Crippen MR) is 108 cm³/mol. The van der Waals surface area contributed by atoms with Gasteiger partial charge in [-0.15, -0.1) is 11.3 Å².